The molecule has 0 radical (unpaired) electrons. The molecule has 3 aromatic rings. The van der Waals surface area contributed by atoms with Crippen molar-refractivity contribution >= 4 is 28.4 Å². The van der Waals surface area contributed by atoms with Crippen molar-refractivity contribution in [1.82, 2.24) is 19.9 Å². The first-order chi connectivity index (χ1) is 13.7. The van der Waals surface area contributed by atoms with Gasteiger partial charge in [-0.3, -0.25) is 9.98 Å². The summed E-state index contributed by atoms with van der Waals surface area (Å²) in [6.45, 7) is 11.5. The molecule has 0 aliphatic heterocycles. The van der Waals surface area contributed by atoms with E-state index in [0.29, 0.717) is 5.95 Å². The second-order valence-corrected chi connectivity index (χ2v) is 7.12. The summed E-state index contributed by atoms with van der Waals surface area (Å²) in [7, 11) is 0. The van der Waals surface area contributed by atoms with E-state index in [1.54, 1.807) is 0 Å². The summed E-state index contributed by atoms with van der Waals surface area (Å²) in [6.07, 6.45) is 1.61. The SMILES string of the molecule is CC(C)=Nc1ccc(-c2c[nH]c3nc(NC(C)C)ncc23)nc1C.CCC(F)F. The first kappa shape index (κ1) is 22.4. The third-order valence-electron chi connectivity index (χ3n) is 3.84. The van der Waals surface area contributed by atoms with Crippen molar-refractivity contribution in [2.24, 2.45) is 4.99 Å². The number of aromatic nitrogens is 4. The number of aryl methyl sites for hydroxylation is 1. The Hall–Kier alpha value is -2.90. The van der Waals surface area contributed by atoms with E-state index in [0.717, 1.165) is 39.4 Å². The summed E-state index contributed by atoms with van der Waals surface area (Å²) < 4.78 is 21.5. The first-order valence-corrected chi connectivity index (χ1v) is 9.60. The number of aliphatic imine (C=N–C) groups is 1. The molecular weight excluding hydrogens is 374 g/mol. The van der Waals surface area contributed by atoms with Crippen LogP contribution in [-0.4, -0.2) is 38.1 Å². The highest BCUT2D eigenvalue weighted by Crippen LogP contribution is 2.29. The lowest BCUT2D eigenvalue weighted by Gasteiger charge is -2.07. The second-order valence-electron chi connectivity index (χ2n) is 7.12. The van der Waals surface area contributed by atoms with Crippen LogP contribution in [0.4, 0.5) is 20.4 Å². The largest absolute Gasteiger partial charge is 0.352 e. The minimum absolute atomic E-state index is 0.0278. The van der Waals surface area contributed by atoms with Crippen molar-refractivity contribution in [2.75, 3.05) is 5.32 Å². The smallest absolute Gasteiger partial charge is 0.238 e. The zero-order chi connectivity index (χ0) is 21.6. The van der Waals surface area contributed by atoms with Gasteiger partial charge in [0.1, 0.15) is 5.65 Å². The number of nitrogens with one attached hydrogen (secondary N) is 2. The van der Waals surface area contributed by atoms with Crippen LogP contribution in [0.15, 0.2) is 29.5 Å². The Morgan fingerprint density at radius 2 is 1.90 bits per heavy atom. The molecule has 0 saturated carbocycles. The highest BCUT2D eigenvalue weighted by molar-refractivity contribution is 5.92. The van der Waals surface area contributed by atoms with Gasteiger partial charge < -0.3 is 10.3 Å². The zero-order valence-corrected chi connectivity index (χ0v) is 17.7. The lowest BCUT2D eigenvalue weighted by Crippen LogP contribution is -2.12. The minimum atomic E-state index is -2.12. The highest BCUT2D eigenvalue weighted by atomic mass is 19.3. The van der Waals surface area contributed by atoms with Gasteiger partial charge in [0.25, 0.3) is 0 Å². The van der Waals surface area contributed by atoms with Gasteiger partial charge in [-0.25, -0.2) is 13.8 Å². The molecule has 2 N–H and O–H groups in total. The number of hydrogen-bond donors (Lipinski definition) is 2. The molecule has 3 aromatic heterocycles. The molecule has 0 unspecified atom stereocenters. The van der Waals surface area contributed by atoms with Gasteiger partial charge >= 0.3 is 0 Å². The molecule has 0 fully saturated rings. The number of rotatable bonds is 5. The van der Waals surface area contributed by atoms with Gasteiger partial charge in [0, 0.05) is 41.5 Å². The molecule has 0 aliphatic rings. The van der Waals surface area contributed by atoms with Crippen LogP contribution in [-0.2, 0) is 0 Å². The van der Waals surface area contributed by atoms with Crippen molar-refractivity contribution < 1.29 is 8.78 Å². The molecule has 0 aliphatic carbocycles. The standard InChI is InChI=1S/C18H22N6.C3H6F2/c1-10(2)21-15-6-7-16(23-12(15)5)13-8-19-17-14(13)9-20-18(24-17)22-11(3)4;1-2-3(4)5/h6-9,11H,1-5H3,(H2,19,20,22,24);3H,2H2,1H3. The molecule has 8 heteroatoms. The number of fused-ring (bicyclic) bond motifs is 1. The van der Waals surface area contributed by atoms with E-state index in [1.807, 2.05) is 45.3 Å². The van der Waals surface area contributed by atoms with Gasteiger partial charge in [-0.1, -0.05) is 6.92 Å². The topological polar surface area (TPSA) is 78.9 Å². The van der Waals surface area contributed by atoms with Crippen LogP contribution in [0.25, 0.3) is 22.3 Å². The van der Waals surface area contributed by atoms with Crippen LogP contribution >= 0.6 is 0 Å². The van der Waals surface area contributed by atoms with Gasteiger partial charge in [-0.2, -0.15) is 4.98 Å². The molecule has 156 valence electrons. The zero-order valence-electron chi connectivity index (χ0n) is 17.7. The average molecular weight is 402 g/mol. The van der Waals surface area contributed by atoms with Crippen molar-refractivity contribution in [2.45, 2.75) is 60.4 Å². The van der Waals surface area contributed by atoms with Crippen molar-refractivity contribution in [1.29, 1.82) is 0 Å². The van der Waals surface area contributed by atoms with Crippen LogP contribution in [0.3, 0.4) is 0 Å². The van der Waals surface area contributed by atoms with E-state index >= 15 is 0 Å². The maximum Gasteiger partial charge on any atom is 0.238 e. The Balaban J connectivity index is 0.000000537. The molecule has 3 rings (SSSR count). The summed E-state index contributed by atoms with van der Waals surface area (Å²) >= 11 is 0. The fourth-order valence-electron chi connectivity index (χ4n) is 2.51. The monoisotopic (exact) mass is 402 g/mol. The predicted molar refractivity (Wildman–Crippen MR) is 115 cm³/mol. The molecular formula is C21H28F2N6. The summed E-state index contributed by atoms with van der Waals surface area (Å²) in [5.41, 5.74) is 5.50. The van der Waals surface area contributed by atoms with Crippen LogP contribution in [0.5, 0.6) is 0 Å². The Bertz CT molecular complexity index is 974. The highest BCUT2D eigenvalue weighted by Gasteiger charge is 2.11. The Labute approximate surface area is 169 Å². The summed E-state index contributed by atoms with van der Waals surface area (Å²) in [4.78, 5) is 21.3. The molecule has 0 bridgehead atoms. The second kappa shape index (κ2) is 10.0. The van der Waals surface area contributed by atoms with Crippen LogP contribution in [0.2, 0.25) is 0 Å². The van der Waals surface area contributed by atoms with Gasteiger partial charge in [0.2, 0.25) is 12.4 Å². The summed E-state index contributed by atoms with van der Waals surface area (Å²) in [5.74, 6) is 0.623. The maximum absolute atomic E-state index is 10.8. The summed E-state index contributed by atoms with van der Waals surface area (Å²) in [5, 5.41) is 4.17. The molecule has 0 aromatic carbocycles. The third-order valence-corrected chi connectivity index (χ3v) is 3.84. The fraction of sp³-hybridized carbons (Fsp3) is 0.429. The van der Waals surface area contributed by atoms with E-state index < -0.39 is 6.43 Å². The number of H-pyrrole nitrogens is 1. The number of pyridine rings is 1. The van der Waals surface area contributed by atoms with Gasteiger partial charge in [0.15, 0.2) is 0 Å². The summed E-state index contributed by atoms with van der Waals surface area (Å²) in [6, 6.07) is 4.27. The average Bonchev–Trinajstić information content (AvgIpc) is 3.06. The molecule has 0 spiro atoms. The lowest BCUT2D eigenvalue weighted by molar-refractivity contribution is 0.144. The lowest BCUT2D eigenvalue weighted by atomic mass is 10.1. The van der Waals surface area contributed by atoms with E-state index in [1.165, 1.54) is 6.92 Å². The fourth-order valence-corrected chi connectivity index (χ4v) is 2.51. The van der Waals surface area contributed by atoms with Crippen LogP contribution < -0.4 is 5.32 Å². The first-order valence-electron chi connectivity index (χ1n) is 9.60. The number of halogens is 2. The number of nitrogens with zero attached hydrogens (tertiary/aromatic N) is 4. The molecule has 0 amide bonds. The van der Waals surface area contributed by atoms with Crippen LogP contribution in [0, 0.1) is 6.92 Å². The van der Waals surface area contributed by atoms with E-state index in [-0.39, 0.29) is 12.5 Å². The Morgan fingerprint density at radius 1 is 1.21 bits per heavy atom. The van der Waals surface area contributed by atoms with Gasteiger partial charge in [-0.05, 0) is 46.8 Å². The number of anilines is 1. The maximum atomic E-state index is 10.8. The predicted octanol–water partition coefficient (Wildman–Crippen LogP) is 5.92. The van der Waals surface area contributed by atoms with Crippen LogP contribution in [0.1, 0.15) is 46.7 Å². The van der Waals surface area contributed by atoms with Crippen molar-refractivity contribution in [3.8, 4) is 11.3 Å². The van der Waals surface area contributed by atoms with Crippen molar-refractivity contribution in [3.63, 3.8) is 0 Å². The van der Waals surface area contributed by atoms with E-state index in [2.05, 4.69) is 39.1 Å². The van der Waals surface area contributed by atoms with Gasteiger partial charge in [0.05, 0.1) is 17.1 Å². The quantitative estimate of drug-likeness (QED) is 0.519. The Kier molecular flexibility index (Phi) is 7.75. The normalized spacial score (nSPS) is 10.8. The third kappa shape index (κ3) is 6.30. The minimum Gasteiger partial charge on any atom is -0.352 e. The molecule has 29 heavy (non-hydrogen) atoms. The molecule has 3 heterocycles. The molecule has 0 saturated heterocycles. The number of aromatic amines is 1. The number of hydrogen-bond acceptors (Lipinski definition) is 5. The van der Waals surface area contributed by atoms with Crippen molar-refractivity contribution in [3.05, 3.63) is 30.2 Å². The molecule has 0 atom stereocenters. The Morgan fingerprint density at radius 3 is 2.45 bits per heavy atom. The number of alkyl halides is 2. The molecule has 6 nitrogen and oxygen atoms in total. The van der Waals surface area contributed by atoms with Gasteiger partial charge in [-0.15, -0.1) is 0 Å². The van der Waals surface area contributed by atoms with E-state index in [9.17, 15) is 8.78 Å². The van der Waals surface area contributed by atoms with E-state index in [4.69, 9.17) is 4.98 Å².